The Labute approximate surface area is 158 Å². The number of hydrogen-bond donors (Lipinski definition) is 0. The molecule has 126 valence electrons. The molecule has 0 spiro atoms. The molecule has 0 radical (unpaired) electrons. The van der Waals surface area contributed by atoms with Gasteiger partial charge in [0.25, 0.3) is 0 Å². The Morgan fingerprint density at radius 1 is 0.615 bits per heavy atom. The summed E-state index contributed by atoms with van der Waals surface area (Å²) in [5, 5.41) is 3.30. The first-order valence-electron chi connectivity index (χ1n) is 8.06. The monoisotopic (exact) mass is 404 g/mol. The molecule has 0 amide bonds. The van der Waals surface area contributed by atoms with Crippen LogP contribution in [-0.4, -0.2) is 11.9 Å². The predicted molar refractivity (Wildman–Crippen MR) is 105 cm³/mol. The molecule has 0 aliphatic heterocycles. The lowest BCUT2D eigenvalue weighted by molar-refractivity contribution is 0.0400. The van der Waals surface area contributed by atoms with Gasteiger partial charge >= 0.3 is 11.9 Å². The van der Waals surface area contributed by atoms with E-state index in [1.807, 2.05) is 54.6 Å². The lowest BCUT2D eigenvalue weighted by Crippen LogP contribution is -2.13. The van der Waals surface area contributed by atoms with E-state index in [2.05, 4.69) is 15.9 Å². The van der Waals surface area contributed by atoms with E-state index in [1.165, 1.54) is 0 Å². The van der Waals surface area contributed by atoms with Crippen LogP contribution in [0.2, 0.25) is 0 Å². The van der Waals surface area contributed by atoms with Gasteiger partial charge in [0.2, 0.25) is 0 Å². The van der Waals surface area contributed by atoms with Gasteiger partial charge in [-0.3, -0.25) is 0 Å². The Kier molecular flexibility index (Phi) is 4.27. The van der Waals surface area contributed by atoms with E-state index in [4.69, 9.17) is 4.74 Å². The van der Waals surface area contributed by atoms with Crippen molar-refractivity contribution < 1.29 is 14.3 Å². The third kappa shape index (κ3) is 2.89. The van der Waals surface area contributed by atoms with Crippen molar-refractivity contribution in [2.24, 2.45) is 0 Å². The summed E-state index contributed by atoms with van der Waals surface area (Å²) in [6.07, 6.45) is 0. The summed E-state index contributed by atoms with van der Waals surface area (Å²) in [5.41, 5.74) is 0.732. The van der Waals surface area contributed by atoms with Gasteiger partial charge in [-0.1, -0.05) is 76.6 Å². The molecule has 4 aromatic carbocycles. The predicted octanol–water partition coefficient (Wildman–Crippen LogP) is 5.75. The SMILES string of the molecule is O=C(OC(=O)c1cccc2c(Br)cccc12)c1cccc2ccccc12. The van der Waals surface area contributed by atoms with Gasteiger partial charge in [-0.25, -0.2) is 9.59 Å². The molecule has 0 aliphatic carbocycles. The normalized spacial score (nSPS) is 10.8. The van der Waals surface area contributed by atoms with Crippen LogP contribution in [0.4, 0.5) is 0 Å². The maximum atomic E-state index is 12.6. The van der Waals surface area contributed by atoms with E-state index in [-0.39, 0.29) is 0 Å². The van der Waals surface area contributed by atoms with Gasteiger partial charge in [0, 0.05) is 4.47 Å². The Balaban J connectivity index is 1.71. The van der Waals surface area contributed by atoms with Gasteiger partial charge in [-0.15, -0.1) is 0 Å². The third-order valence-corrected chi connectivity index (χ3v) is 4.98. The molecule has 0 heterocycles. The first-order valence-corrected chi connectivity index (χ1v) is 8.86. The van der Waals surface area contributed by atoms with Crippen molar-refractivity contribution in [2.75, 3.05) is 0 Å². The number of hydrogen-bond acceptors (Lipinski definition) is 3. The number of carbonyl (C=O) groups excluding carboxylic acids is 2. The molecular formula is C22H13BrO3. The highest BCUT2D eigenvalue weighted by Crippen LogP contribution is 2.27. The van der Waals surface area contributed by atoms with Crippen LogP contribution < -0.4 is 0 Å². The number of fused-ring (bicyclic) bond motifs is 2. The Morgan fingerprint density at radius 3 is 1.96 bits per heavy atom. The summed E-state index contributed by atoms with van der Waals surface area (Å²) in [5.74, 6) is -1.31. The van der Waals surface area contributed by atoms with Gasteiger partial charge in [0.1, 0.15) is 0 Å². The largest absolute Gasteiger partial charge is 0.386 e. The van der Waals surface area contributed by atoms with Gasteiger partial charge in [0.15, 0.2) is 0 Å². The van der Waals surface area contributed by atoms with Gasteiger partial charge < -0.3 is 4.74 Å². The highest BCUT2D eigenvalue weighted by atomic mass is 79.9. The van der Waals surface area contributed by atoms with Crippen LogP contribution in [0.5, 0.6) is 0 Å². The zero-order valence-corrected chi connectivity index (χ0v) is 15.2. The Morgan fingerprint density at radius 2 is 1.15 bits per heavy atom. The number of ether oxygens (including phenoxy) is 1. The van der Waals surface area contributed by atoms with Crippen LogP contribution in [-0.2, 0) is 4.74 Å². The standard InChI is InChI=1S/C22H13BrO3/c23-20-13-5-9-16-17(20)10-4-12-19(16)22(25)26-21(24)18-11-3-7-14-6-1-2-8-15(14)18/h1-13H. The fourth-order valence-corrected chi connectivity index (χ4v) is 3.55. The lowest BCUT2D eigenvalue weighted by Gasteiger charge is -2.09. The highest BCUT2D eigenvalue weighted by Gasteiger charge is 2.19. The van der Waals surface area contributed by atoms with E-state index in [0.29, 0.717) is 11.1 Å². The molecule has 0 fully saturated rings. The van der Waals surface area contributed by atoms with Crippen molar-refractivity contribution in [3.63, 3.8) is 0 Å². The maximum Gasteiger partial charge on any atom is 0.346 e. The summed E-state index contributed by atoms with van der Waals surface area (Å²) in [4.78, 5) is 25.2. The summed E-state index contributed by atoms with van der Waals surface area (Å²) in [6.45, 7) is 0. The van der Waals surface area contributed by atoms with Crippen LogP contribution in [0.3, 0.4) is 0 Å². The molecule has 0 N–H and O–H groups in total. The number of carbonyl (C=O) groups is 2. The van der Waals surface area contributed by atoms with Gasteiger partial charge in [-0.2, -0.15) is 0 Å². The third-order valence-electron chi connectivity index (χ3n) is 4.28. The molecule has 0 atom stereocenters. The van der Waals surface area contributed by atoms with Crippen molar-refractivity contribution in [2.45, 2.75) is 0 Å². The minimum atomic E-state index is -0.661. The van der Waals surface area contributed by atoms with Crippen LogP contribution in [0, 0.1) is 0 Å². The molecule has 0 bridgehead atoms. The molecule has 3 nitrogen and oxygen atoms in total. The topological polar surface area (TPSA) is 43.4 Å². The Bertz CT molecular complexity index is 1160. The van der Waals surface area contributed by atoms with Crippen molar-refractivity contribution in [1.29, 1.82) is 0 Å². The van der Waals surface area contributed by atoms with E-state index < -0.39 is 11.9 Å². The lowest BCUT2D eigenvalue weighted by atomic mass is 10.0. The molecule has 4 heteroatoms. The first kappa shape index (κ1) is 16.5. The second kappa shape index (κ2) is 6.73. The summed E-state index contributed by atoms with van der Waals surface area (Å²) in [7, 11) is 0. The average molecular weight is 405 g/mol. The molecule has 0 aromatic heterocycles. The molecule has 0 saturated carbocycles. The second-order valence-electron chi connectivity index (χ2n) is 5.84. The minimum absolute atomic E-state index is 0.359. The molecule has 26 heavy (non-hydrogen) atoms. The first-order chi connectivity index (χ1) is 12.6. The minimum Gasteiger partial charge on any atom is -0.386 e. The average Bonchev–Trinajstić information content (AvgIpc) is 2.67. The number of rotatable bonds is 2. The second-order valence-corrected chi connectivity index (χ2v) is 6.70. The van der Waals surface area contributed by atoms with Crippen LogP contribution in [0.25, 0.3) is 21.5 Å². The number of halogens is 1. The molecule has 4 aromatic rings. The van der Waals surface area contributed by atoms with Crippen molar-refractivity contribution in [3.8, 4) is 0 Å². The van der Waals surface area contributed by atoms with Crippen molar-refractivity contribution >= 4 is 49.4 Å². The van der Waals surface area contributed by atoms with E-state index in [1.54, 1.807) is 24.3 Å². The van der Waals surface area contributed by atoms with Crippen molar-refractivity contribution in [3.05, 3.63) is 94.5 Å². The van der Waals surface area contributed by atoms with Crippen LogP contribution >= 0.6 is 15.9 Å². The van der Waals surface area contributed by atoms with Crippen LogP contribution in [0.1, 0.15) is 20.7 Å². The zero-order valence-electron chi connectivity index (χ0n) is 13.6. The molecular weight excluding hydrogens is 392 g/mol. The smallest absolute Gasteiger partial charge is 0.346 e. The van der Waals surface area contributed by atoms with Gasteiger partial charge in [-0.05, 0) is 39.7 Å². The van der Waals surface area contributed by atoms with E-state index in [9.17, 15) is 9.59 Å². The van der Waals surface area contributed by atoms with E-state index >= 15 is 0 Å². The van der Waals surface area contributed by atoms with Crippen molar-refractivity contribution in [1.82, 2.24) is 0 Å². The van der Waals surface area contributed by atoms with Gasteiger partial charge in [0.05, 0.1) is 11.1 Å². The molecule has 4 rings (SSSR count). The fraction of sp³-hybridized carbons (Fsp3) is 0. The number of esters is 2. The summed E-state index contributed by atoms with van der Waals surface area (Å²) < 4.78 is 6.07. The Hall–Kier alpha value is -2.98. The maximum absolute atomic E-state index is 12.6. The molecule has 0 unspecified atom stereocenters. The molecule has 0 saturated heterocycles. The number of benzene rings is 4. The summed E-state index contributed by atoms with van der Waals surface area (Å²) in [6, 6.07) is 23.8. The highest BCUT2D eigenvalue weighted by molar-refractivity contribution is 9.10. The van der Waals surface area contributed by atoms with Crippen LogP contribution in [0.15, 0.2) is 83.3 Å². The molecule has 0 aliphatic rings. The van der Waals surface area contributed by atoms with E-state index in [0.717, 1.165) is 26.0 Å². The zero-order chi connectivity index (χ0) is 18.1. The quantitative estimate of drug-likeness (QED) is 0.315. The fourth-order valence-electron chi connectivity index (χ4n) is 3.05. The summed E-state index contributed by atoms with van der Waals surface area (Å²) >= 11 is 3.48.